The molecule has 120 valence electrons. The van der Waals surface area contributed by atoms with Crippen molar-refractivity contribution in [1.82, 2.24) is 9.13 Å². The molecule has 0 bridgehead atoms. The van der Waals surface area contributed by atoms with Gasteiger partial charge in [-0.15, -0.1) is 0 Å². The zero-order valence-corrected chi connectivity index (χ0v) is 13.6. The molecule has 2 aromatic heterocycles. The topological polar surface area (TPSA) is 53.0 Å². The second kappa shape index (κ2) is 5.65. The molecule has 0 atom stereocenters. The van der Waals surface area contributed by atoms with Gasteiger partial charge < -0.3 is 10.3 Å². The average Bonchev–Trinajstić information content (AvgIpc) is 3.16. The molecule has 0 aliphatic heterocycles. The Morgan fingerprint density at radius 2 is 1.92 bits per heavy atom. The molecule has 24 heavy (non-hydrogen) atoms. The van der Waals surface area contributed by atoms with Crippen LogP contribution in [0.4, 0.5) is 0 Å². The summed E-state index contributed by atoms with van der Waals surface area (Å²) in [5.74, 6) is -0.0122. The van der Waals surface area contributed by atoms with Crippen LogP contribution in [0.5, 0.6) is 0 Å². The molecule has 2 heterocycles. The number of hydrogen-bond donors (Lipinski definition) is 1. The van der Waals surface area contributed by atoms with Crippen LogP contribution < -0.4 is 5.73 Å². The molecule has 2 aromatic carbocycles. The van der Waals surface area contributed by atoms with Crippen LogP contribution in [0, 0.1) is 0 Å². The molecule has 4 heteroatoms. The van der Waals surface area contributed by atoms with E-state index in [0.717, 1.165) is 33.8 Å². The van der Waals surface area contributed by atoms with Crippen molar-refractivity contribution in [2.45, 2.75) is 6.42 Å². The lowest BCUT2D eigenvalue weighted by molar-refractivity contribution is 0.0966. The molecule has 0 radical (unpaired) electrons. The molecule has 2 N–H and O–H groups in total. The van der Waals surface area contributed by atoms with E-state index in [-0.39, 0.29) is 5.91 Å². The van der Waals surface area contributed by atoms with Gasteiger partial charge in [0.1, 0.15) is 0 Å². The van der Waals surface area contributed by atoms with Crippen LogP contribution in [0.3, 0.4) is 0 Å². The van der Waals surface area contributed by atoms with Crippen molar-refractivity contribution in [2.24, 2.45) is 12.8 Å². The fraction of sp³-hybridized carbons (Fsp3) is 0.150. The summed E-state index contributed by atoms with van der Waals surface area (Å²) in [6.45, 7) is 0.565. The maximum Gasteiger partial charge on any atom is 0.264 e. The fourth-order valence-corrected chi connectivity index (χ4v) is 3.43. The van der Waals surface area contributed by atoms with Crippen molar-refractivity contribution in [3.8, 4) is 0 Å². The normalized spacial score (nSPS) is 11.4. The summed E-state index contributed by atoms with van der Waals surface area (Å²) in [6.07, 6.45) is 4.67. The van der Waals surface area contributed by atoms with Crippen LogP contribution in [-0.2, 0) is 13.5 Å². The molecule has 4 nitrogen and oxygen atoms in total. The Hall–Kier alpha value is -2.85. The molecule has 4 aromatic rings. The summed E-state index contributed by atoms with van der Waals surface area (Å²) in [6, 6.07) is 15.9. The van der Waals surface area contributed by atoms with Gasteiger partial charge in [-0.3, -0.25) is 9.36 Å². The van der Waals surface area contributed by atoms with E-state index < -0.39 is 0 Å². The first-order valence-electron chi connectivity index (χ1n) is 8.08. The number of aromatic nitrogens is 2. The van der Waals surface area contributed by atoms with Crippen LogP contribution in [-0.4, -0.2) is 21.6 Å². The molecular weight excluding hydrogens is 298 g/mol. The van der Waals surface area contributed by atoms with Crippen LogP contribution >= 0.6 is 0 Å². The molecule has 4 rings (SSSR count). The van der Waals surface area contributed by atoms with Crippen molar-refractivity contribution < 1.29 is 4.79 Å². The van der Waals surface area contributed by atoms with Crippen molar-refractivity contribution >= 4 is 27.7 Å². The lowest BCUT2D eigenvalue weighted by atomic mass is 10.1. The van der Waals surface area contributed by atoms with E-state index in [1.54, 1.807) is 4.57 Å². The minimum Gasteiger partial charge on any atom is -0.350 e. The number of aryl methyl sites for hydroxylation is 1. The quantitative estimate of drug-likeness (QED) is 0.630. The molecule has 0 saturated carbocycles. The zero-order valence-electron chi connectivity index (χ0n) is 13.6. The Morgan fingerprint density at radius 1 is 1.08 bits per heavy atom. The van der Waals surface area contributed by atoms with E-state index in [4.69, 9.17) is 5.73 Å². The lowest BCUT2D eigenvalue weighted by Gasteiger charge is -2.07. The van der Waals surface area contributed by atoms with Gasteiger partial charge in [-0.1, -0.05) is 30.3 Å². The Kier molecular flexibility index (Phi) is 3.47. The van der Waals surface area contributed by atoms with Crippen LogP contribution in [0.1, 0.15) is 15.9 Å². The summed E-state index contributed by atoms with van der Waals surface area (Å²) in [7, 11) is 1.97. The van der Waals surface area contributed by atoms with Gasteiger partial charge in [0, 0.05) is 30.2 Å². The summed E-state index contributed by atoms with van der Waals surface area (Å²) >= 11 is 0. The second-order valence-corrected chi connectivity index (χ2v) is 6.06. The Labute approximate surface area is 140 Å². The van der Waals surface area contributed by atoms with Crippen LogP contribution in [0.2, 0.25) is 0 Å². The summed E-state index contributed by atoms with van der Waals surface area (Å²) in [5, 5.41) is 2.16. The number of hydrogen-bond acceptors (Lipinski definition) is 2. The Balaban J connectivity index is 1.94. The van der Waals surface area contributed by atoms with Crippen molar-refractivity contribution in [3.05, 3.63) is 72.1 Å². The van der Waals surface area contributed by atoms with Crippen LogP contribution in [0.25, 0.3) is 21.8 Å². The number of carbonyl (C=O) groups is 1. The average molecular weight is 317 g/mol. The summed E-state index contributed by atoms with van der Waals surface area (Å²) in [5.41, 5.74) is 9.44. The molecule has 0 aliphatic rings. The highest BCUT2D eigenvalue weighted by Gasteiger charge is 2.18. The smallest absolute Gasteiger partial charge is 0.264 e. The van der Waals surface area contributed by atoms with Gasteiger partial charge in [-0.25, -0.2) is 0 Å². The molecule has 0 unspecified atom stereocenters. The number of nitrogens with two attached hydrogens (primary N) is 1. The van der Waals surface area contributed by atoms with E-state index in [1.165, 1.54) is 0 Å². The highest BCUT2D eigenvalue weighted by atomic mass is 16.2. The second-order valence-electron chi connectivity index (χ2n) is 6.06. The predicted octanol–water partition coefficient (Wildman–Crippen LogP) is 3.32. The van der Waals surface area contributed by atoms with Gasteiger partial charge >= 0.3 is 0 Å². The number of nitrogens with zero attached hydrogens (tertiary/aromatic N) is 2. The first kappa shape index (κ1) is 14.7. The van der Waals surface area contributed by atoms with Gasteiger partial charge in [-0.2, -0.15) is 0 Å². The molecule has 0 spiro atoms. The lowest BCUT2D eigenvalue weighted by Crippen LogP contribution is -2.12. The Bertz CT molecular complexity index is 1060. The predicted molar refractivity (Wildman–Crippen MR) is 97.3 cm³/mol. The zero-order chi connectivity index (χ0) is 16.7. The third-order valence-electron chi connectivity index (χ3n) is 4.55. The van der Waals surface area contributed by atoms with Crippen molar-refractivity contribution in [2.75, 3.05) is 6.54 Å². The first-order chi connectivity index (χ1) is 11.7. The highest BCUT2D eigenvalue weighted by molar-refractivity contribution is 6.10. The number of rotatable bonds is 3. The third-order valence-corrected chi connectivity index (χ3v) is 4.55. The third kappa shape index (κ3) is 2.15. The maximum absolute atomic E-state index is 13.3. The minimum absolute atomic E-state index is 0.0122. The molecule has 0 aliphatic carbocycles. The van der Waals surface area contributed by atoms with E-state index in [1.807, 2.05) is 72.5 Å². The van der Waals surface area contributed by atoms with E-state index in [2.05, 4.69) is 0 Å². The molecule has 0 fully saturated rings. The minimum atomic E-state index is -0.0122. The highest BCUT2D eigenvalue weighted by Crippen LogP contribution is 2.25. The van der Waals surface area contributed by atoms with Gasteiger partial charge in [0.25, 0.3) is 5.91 Å². The number of benzene rings is 2. The van der Waals surface area contributed by atoms with Crippen molar-refractivity contribution in [1.29, 1.82) is 0 Å². The van der Waals surface area contributed by atoms with Crippen LogP contribution in [0.15, 0.2) is 60.9 Å². The summed E-state index contributed by atoms with van der Waals surface area (Å²) in [4.78, 5) is 13.3. The monoisotopic (exact) mass is 317 g/mol. The van der Waals surface area contributed by atoms with Crippen molar-refractivity contribution in [3.63, 3.8) is 0 Å². The largest absolute Gasteiger partial charge is 0.350 e. The number of fused-ring (bicyclic) bond motifs is 2. The van der Waals surface area contributed by atoms with E-state index >= 15 is 0 Å². The number of para-hydroxylation sites is 2. The molecule has 0 saturated heterocycles. The van der Waals surface area contributed by atoms with Gasteiger partial charge in [0.05, 0.1) is 16.6 Å². The van der Waals surface area contributed by atoms with E-state index in [9.17, 15) is 4.79 Å². The first-order valence-corrected chi connectivity index (χ1v) is 8.08. The van der Waals surface area contributed by atoms with Gasteiger partial charge in [0.2, 0.25) is 0 Å². The SMILES string of the molecule is Cn1ccc2cccc(C(=O)n3cc(CCN)c4ccccc43)c21. The number of carbonyl (C=O) groups excluding carboxylic acids is 1. The maximum atomic E-state index is 13.3. The summed E-state index contributed by atoms with van der Waals surface area (Å²) < 4.78 is 3.75. The fourth-order valence-electron chi connectivity index (χ4n) is 3.43. The van der Waals surface area contributed by atoms with Gasteiger partial charge in [-0.05, 0) is 36.7 Å². The van der Waals surface area contributed by atoms with E-state index in [0.29, 0.717) is 12.1 Å². The molecular formula is C20H19N3O. The van der Waals surface area contributed by atoms with Gasteiger partial charge in [0.15, 0.2) is 0 Å². The standard InChI is InChI=1S/C20H19N3O/c1-22-12-10-14-5-4-7-17(19(14)22)20(24)23-13-15(9-11-21)16-6-2-3-8-18(16)23/h2-8,10,12-13H,9,11,21H2,1H3. The Morgan fingerprint density at radius 3 is 2.75 bits per heavy atom. The molecule has 0 amide bonds.